The summed E-state index contributed by atoms with van der Waals surface area (Å²) in [4.78, 5) is 25.7. The minimum absolute atomic E-state index is 0.101. The first-order valence-corrected chi connectivity index (χ1v) is 11.1. The maximum absolute atomic E-state index is 13.2. The van der Waals surface area contributed by atoms with E-state index in [1.807, 2.05) is 44.2 Å². The minimum Gasteiger partial charge on any atom is -0.497 e. The molecule has 2 heterocycles. The standard InChI is InChI=1S/C26H28N4O4/c1-17-23-16-27-30(20-9-6-5-7-10-20)26(32)25(23)18(2)29(17)12-8-11-24(31)28-19-13-21(33-3)15-22(14-19)34-4/h5-7,9-10,13-16H,8,11-12H2,1-4H3,(H,28,31). The number of aryl methyl sites for hydroxylation is 2. The van der Waals surface area contributed by atoms with Gasteiger partial charge in [0.2, 0.25) is 5.91 Å². The van der Waals surface area contributed by atoms with Crippen LogP contribution >= 0.6 is 0 Å². The average molecular weight is 461 g/mol. The lowest BCUT2D eigenvalue weighted by Crippen LogP contribution is -2.21. The van der Waals surface area contributed by atoms with E-state index in [9.17, 15) is 9.59 Å². The molecule has 176 valence electrons. The van der Waals surface area contributed by atoms with Gasteiger partial charge in [0, 0.05) is 53.6 Å². The summed E-state index contributed by atoms with van der Waals surface area (Å²) < 4.78 is 14.0. The highest BCUT2D eigenvalue weighted by atomic mass is 16.5. The van der Waals surface area contributed by atoms with E-state index >= 15 is 0 Å². The molecule has 0 aliphatic rings. The monoisotopic (exact) mass is 460 g/mol. The molecule has 2 aromatic carbocycles. The van der Waals surface area contributed by atoms with Gasteiger partial charge in [-0.1, -0.05) is 18.2 Å². The largest absolute Gasteiger partial charge is 0.497 e. The molecule has 0 saturated heterocycles. The Morgan fingerprint density at radius 1 is 1.00 bits per heavy atom. The molecule has 0 aliphatic carbocycles. The van der Waals surface area contributed by atoms with Crippen LogP contribution < -0.4 is 20.3 Å². The van der Waals surface area contributed by atoms with Crippen molar-refractivity contribution in [2.24, 2.45) is 0 Å². The Balaban J connectivity index is 1.49. The lowest BCUT2D eigenvalue weighted by atomic mass is 10.2. The van der Waals surface area contributed by atoms with Crippen molar-refractivity contribution in [1.82, 2.24) is 14.3 Å². The molecule has 0 radical (unpaired) electrons. The molecule has 0 aliphatic heterocycles. The van der Waals surface area contributed by atoms with Crippen molar-refractivity contribution in [2.75, 3.05) is 19.5 Å². The fraction of sp³-hybridized carbons (Fsp3) is 0.269. The molecule has 4 aromatic rings. The first-order valence-electron chi connectivity index (χ1n) is 11.1. The van der Waals surface area contributed by atoms with Crippen LogP contribution in [0.25, 0.3) is 16.5 Å². The Bertz CT molecular complexity index is 1370. The Labute approximate surface area is 197 Å². The smallest absolute Gasteiger partial charge is 0.281 e. The normalized spacial score (nSPS) is 10.9. The summed E-state index contributed by atoms with van der Waals surface area (Å²) in [5, 5.41) is 8.77. The molecule has 34 heavy (non-hydrogen) atoms. The number of hydrogen-bond donors (Lipinski definition) is 1. The third-order valence-corrected chi connectivity index (χ3v) is 5.96. The number of hydrogen-bond acceptors (Lipinski definition) is 5. The number of amides is 1. The van der Waals surface area contributed by atoms with Crippen LogP contribution in [0.15, 0.2) is 59.5 Å². The van der Waals surface area contributed by atoms with Crippen molar-refractivity contribution < 1.29 is 14.3 Å². The summed E-state index contributed by atoms with van der Waals surface area (Å²) >= 11 is 0. The molecule has 0 unspecified atom stereocenters. The summed E-state index contributed by atoms with van der Waals surface area (Å²) in [6.45, 7) is 4.53. The molecule has 0 bridgehead atoms. The highest BCUT2D eigenvalue weighted by Crippen LogP contribution is 2.26. The minimum atomic E-state index is -0.146. The van der Waals surface area contributed by atoms with Crippen molar-refractivity contribution >= 4 is 22.4 Å². The zero-order valence-electron chi connectivity index (χ0n) is 19.8. The Kier molecular flexibility index (Phi) is 6.67. The van der Waals surface area contributed by atoms with Crippen LogP contribution in [0.1, 0.15) is 24.2 Å². The van der Waals surface area contributed by atoms with Gasteiger partial charge in [0.25, 0.3) is 5.56 Å². The van der Waals surface area contributed by atoms with Gasteiger partial charge < -0.3 is 19.4 Å². The number of nitrogens with one attached hydrogen (secondary N) is 1. The molecule has 1 amide bonds. The first-order chi connectivity index (χ1) is 16.4. The number of methoxy groups -OCH3 is 2. The van der Waals surface area contributed by atoms with Crippen molar-refractivity contribution in [3.8, 4) is 17.2 Å². The topological polar surface area (TPSA) is 87.4 Å². The van der Waals surface area contributed by atoms with Crippen LogP contribution in [0, 0.1) is 13.8 Å². The van der Waals surface area contributed by atoms with E-state index in [0.29, 0.717) is 42.0 Å². The summed E-state index contributed by atoms with van der Waals surface area (Å²) in [5.41, 5.74) is 3.04. The predicted octanol–water partition coefficient (Wildman–Crippen LogP) is 4.24. The third-order valence-electron chi connectivity index (χ3n) is 5.96. The van der Waals surface area contributed by atoms with Gasteiger partial charge in [0.1, 0.15) is 11.5 Å². The molecule has 0 fully saturated rings. The van der Waals surface area contributed by atoms with Crippen LogP contribution in [0.5, 0.6) is 11.5 Å². The zero-order valence-corrected chi connectivity index (χ0v) is 19.8. The van der Waals surface area contributed by atoms with E-state index < -0.39 is 0 Å². The maximum atomic E-state index is 13.2. The molecule has 8 heteroatoms. The number of fused-ring (bicyclic) bond motifs is 1. The van der Waals surface area contributed by atoms with Crippen molar-refractivity contribution in [1.29, 1.82) is 0 Å². The molecule has 0 atom stereocenters. The van der Waals surface area contributed by atoms with Crippen molar-refractivity contribution in [3.05, 3.63) is 76.5 Å². The average Bonchev–Trinajstić information content (AvgIpc) is 3.09. The number of carbonyl (C=O) groups excluding carboxylic acids is 1. The molecule has 4 rings (SSSR count). The number of ether oxygens (including phenoxy) is 2. The van der Waals surface area contributed by atoms with Crippen molar-refractivity contribution in [2.45, 2.75) is 33.2 Å². The Morgan fingerprint density at radius 3 is 2.32 bits per heavy atom. The second-order valence-corrected chi connectivity index (χ2v) is 8.06. The molecular formula is C26H28N4O4. The van der Waals surface area contributed by atoms with Gasteiger partial charge >= 0.3 is 0 Å². The summed E-state index contributed by atoms with van der Waals surface area (Å²) in [5.74, 6) is 1.11. The van der Waals surface area contributed by atoms with Gasteiger partial charge in [0.15, 0.2) is 0 Å². The second-order valence-electron chi connectivity index (χ2n) is 8.06. The molecule has 1 N–H and O–H groups in total. The lowest BCUT2D eigenvalue weighted by molar-refractivity contribution is -0.116. The summed E-state index contributed by atoms with van der Waals surface area (Å²) in [6.07, 6.45) is 2.70. The van der Waals surface area contributed by atoms with E-state index in [4.69, 9.17) is 9.47 Å². The maximum Gasteiger partial charge on any atom is 0.281 e. The van der Waals surface area contributed by atoms with Crippen LogP contribution in [-0.2, 0) is 11.3 Å². The van der Waals surface area contributed by atoms with Gasteiger partial charge in [-0.2, -0.15) is 9.78 Å². The number of nitrogens with zero attached hydrogens (tertiary/aromatic N) is 3. The van der Waals surface area contributed by atoms with Gasteiger partial charge in [-0.15, -0.1) is 0 Å². The number of rotatable bonds is 8. The highest BCUT2D eigenvalue weighted by molar-refractivity contribution is 5.91. The quantitative estimate of drug-likeness (QED) is 0.425. The summed E-state index contributed by atoms with van der Waals surface area (Å²) in [6, 6.07) is 14.6. The number of para-hydroxylation sites is 1. The number of benzene rings is 2. The molecular weight excluding hydrogens is 432 g/mol. The molecule has 2 aromatic heterocycles. The first kappa shape index (κ1) is 23.1. The fourth-order valence-corrected chi connectivity index (χ4v) is 4.20. The van der Waals surface area contributed by atoms with E-state index in [1.165, 1.54) is 4.68 Å². The van der Waals surface area contributed by atoms with Crippen LogP contribution in [0.2, 0.25) is 0 Å². The Hall–Kier alpha value is -4.07. The fourth-order valence-electron chi connectivity index (χ4n) is 4.20. The van der Waals surface area contributed by atoms with E-state index in [2.05, 4.69) is 15.0 Å². The van der Waals surface area contributed by atoms with Gasteiger partial charge in [-0.25, -0.2) is 0 Å². The van der Waals surface area contributed by atoms with E-state index in [-0.39, 0.29) is 11.5 Å². The van der Waals surface area contributed by atoms with Crippen molar-refractivity contribution in [3.63, 3.8) is 0 Å². The third kappa shape index (κ3) is 4.52. The number of aromatic nitrogens is 3. The van der Waals surface area contributed by atoms with Gasteiger partial charge in [-0.3, -0.25) is 9.59 Å². The van der Waals surface area contributed by atoms with E-state index in [0.717, 1.165) is 22.5 Å². The number of carbonyl (C=O) groups is 1. The molecule has 8 nitrogen and oxygen atoms in total. The highest BCUT2D eigenvalue weighted by Gasteiger charge is 2.17. The molecule has 0 spiro atoms. The molecule has 0 saturated carbocycles. The second kappa shape index (κ2) is 9.82. The Morgan fingerprint density at radius 2 is 1.68 bits per heavy atom. The van der Waals surface area contributed by atoms with Gasteiger partial charge in [0.05, 0.1) is 31.5 Å². The van der Waals surface area contributed by atoms with Crippen LogP contribution in [0.4, 0.5) is 5.69 Å². The summed E-state index contributed by atoms with van der Waals surface area (Å²) in [7, 11) is 3.13. The SMILES string of the molecule is COc1cc(NC(=O)CCCn2c(C)c3cnn(-c4ccccc4)c(=O)c3c2C)cc(OC)c1. The van der Waals surface area contributed by atoms with Gasteiger partial charge in [-0.05, 0) is 32.4 Å². The predicted molar refractivity (Wildman–Crippen MR) is 132 cm³/mol. The van der Waals surface area contributed by atoms with E-state index in [1.54, 1.807) is 38.6 Å². The van der Waals surface area contributed by atoms with Crippen LogP contribution in [-0.4, -0.2) is 34.5 Å². The number of anilines is 1. The zero-order chi connectivity index (χ0) is 24.2. The van der Waals surface area contributed by atoms with Crippen LogP contribution in [0.3, 0.4) is 0 Å². The lowest BCUT2D eigenvalue weighted by Gasteiger charge is -2.11.